The number of carbonyl (C=O) groups excluding carboxylic acids is 1. The van der Waals surface area contributed by atoms with Gasteiger partial charge in [-0.3, -0.25) is 0 Å². The molecule has 0 N–H and O–H groups in total. The van der Waals surface area contributed by atoms with Gasteiger partial charge in [-0.2, -0.15) is 0 Å². The van der Waals surface area contributed by atoms with Crippen LogP contribution in [0.15, 0.2) is 42.5 Å². The summed E-state index contributed by atoms with van der Waals surface area (Å²) in [5, 5.41) is 0.126. The SMILES string of the molecule is COC(=O)C=C[C@H](Cc1ccccc1)O[Si](C)(C)C(C)(C)C. The van der Waals surface area contributed by atoms with Gasteiger partial charge in [-0.05, 0) is 29.8 Å². The largest absolute Gasteiger partial charge is 0.466 e. The zero-order valence-corrected chi connectivity index (χ0v) is 15.6. The fraction of sp³-hybridized carbons (Fsp3) is 0.500. The van der Waals surface area contributed by atoms with Crippen molar-refractivity contribution in [2.24, 2.45) is 0 Å². The lowest BCUT2D eigenvalue weighted by atomic mass is 10.1. The van der Waals surface area contributed by atoms with Crippen LogP contribution in [0.2, 0.25) is 18.1 Å². The van der Waals surface area contributed by atoms with Gasteiger partial charge in [-0.15, -0.1) is 0 Å². The topological polar surface area (TPSA) is 35.5 Å². The minimum Gasteiger partial charge on any atom is -0.466 e. The van der Waals surface area contributed by atoms with Gasteiger partial charge in [-0.25, -0.2) is 4.79 Å². The summed E-state index contributed by atoms with van der Waals surface area (Å²) >= 11 is 0. The van der Waals surface area contributed by atoms with E-state index < -0.39 is 8.32 Å². The lowest BCUT2D eigenvalue weighted by Crippen LogP contribution is -2.44. The van der Waals surface area contributed by atoms with Crippen LogP contribution in [-0.4, -0.2) is 27.5 Å². The number of hydrogen-bond donors (Lipinski definition) is 0. The molecule has 22 heavy (non-hydrogen) atoms. The molecule has 0 heterocycles. The van der Waals surface area contributed by atoms with Crippen LogP contribution in [0.4, 0.5) is 0 Å². The maximum Gasteiger partial charge on any atom is 0.330 e. The Morgan fingerprint density at radius 3 is 2.32 bits per heavy atom. The molecule has 1 aromatic carbocycles. The molecule has 0 amide bonds. The molecule has 0 saturated carbocycles. The lowest BCUT2D eigenvalue weighted by molar-refractivity contribution is -0.134. The Morgan fingerprint density at radius 1 is 1.23 bits per heavy atom. The summed E-state index contributed by atoms with van der Waals surface area (Å²) in [5.41, 5.74) is 1.20. The Kier molecular flexibility index (Phi) is 6.57. The molecule has 1 aromatic rings. The highest BCUT2D eigenvalue weighted by Crippen LogP contribution is 2.37. The fourth-order valence-electron chi connectivity index (χ4n) is 1.80. The van der Waals surface area contributed by atoms with Gasteiger partial charge in [0.05, 0.1) is 13.2 Å². The summed E-state index contributed by atoms with van der Waals surface area (Å²) in [6.45, 7) is 11.1. The maximum absolute atomic E-state index is 11.4. The predicted octanol–water partition coefficient (Wildman–Crippen LogP) is 4.35. The van der Waals surface area contributed by atoms with E-state index in [1.807, 2.05) is 24.3 Å². The van der Waals surface area contributed by atoms with Crippen LogP contribution in [0.1, 0.15) is 26.3 Å². The molecule has 0 aromatic heterocycles. The summed E-state index contributed by atoms with van der Waals surface area (Å²) in [7, 11) is -0.525. The number of esters is 1. The van der Waals surface area contributed by atoms with E-state index >= 15 is 0 Å². The van der Waals surface area contributed by atoms with Crippen molar-refractivity contribution in [2.75, 3.05) is 7.11 Å². The second-order valence-electron chi connectivity index (χ2n) is 6.99. The third-order valence-electron chi connectivity index (χ3n) is 4.18. The average molecular weight is 321 g/mol. The monoisotopic (exact) mass is 320 g/mol. The second kappa shape index (κ2) is 7.74. The minimum absolute atomic E-state index is 0.123. The van der Waals surface area contributed by atoms with Gasteiger partial charge >= 0.3 is 5.97 Å². The van der Waals surface area contributed by atoms with Crippen LogP contribution in [0.5, 0.6) is 0 Å². The van der Waals surface area contributed by atoms with E-state index in [2.05, 4.69) is 50.7 Å². The van der Waals surface area contributed by atoms with Crippen molar-refractivity contribution in [2.45, 2.75) is 51.4 Å². The molecule has 0 aliphatic heterocycles. The number of rotatable bonds is 6. The van der Waals surface area contributed by atoms with Crippen LogP contribution in [0, 0.1) is 0 Å². The first-order chi connectivity index (χ1) is 10.2. The van der Waals surface area contributed by atoms with Crippen molar-refractivity contribution < 1.29 is 14.0 Å². The second-order valence-corrected chi connectivity index (χ2v) is 11.7. The lowest BCUT2D eigenvalue weighted by Gasteiger charge is -2.38. The third-order valence-corrected chi connectivity index (χ3v) is 8.68. The normalized spacial score (nSPS) is 14.1. The number of methoxy groups -OCH3 is 1. The maximum atomic E-state index is 11.4. The first-order valence-corrected chi connectivity index (χ1v) is 10.5. The van der Waals surface area contributed by atoms with Crippen molar-refractivity contribution in [1.82, 2.24) is 0 Å². The van der Waals surface area contributed by atoms with E-state index in [1.54, 1.807) is 0 Å². The number of hydrogen-bond acceptors (Lipinski definition) is 3. The van der Waals surface area contributed by atoms with Gasteiger partial charge in [0.15, 0.2) is 8.32 Å². The van der Waals surface area contributed by atoms with Crippen molar-refractivity contribution >= 4 is 14.3 Å². The van der Waals surface area contributed by atoms with Crippen molar-refractivity contribution in [3.05, 3.63) is 48.0 Å². The molecule has 0 radical (unpaired) electrons. The predicted molar refractivity (Wildman–Crippen MR) is 93.4 cm³/mol. The molecule has 122 valence electrons. The van der Waals surface area contributed by atoms with E-state index in [1.165, 1.54) is 18.7 Å². The molecule has 0 spiro atoms. The zero-order valence-electron chi connectivity index (χ0n) is 14.6. The molecular formula is C18H28O3Si. The van der Waals surface area contributed by atoms with Crippen molar-refractivity contribution in [3.63, 3.8) is 0 Å². The average Bonchev–Trinajstić information content (AvgIpc) is 2.44. The zero-order chi connectivity index (χ0) is 16.8. The summed E-state index contributed by atoms with van der Waals surface area (Å²) in [4.78, 5) is 11.4. The highest BCUT2D eigenvalue weighted by Gasteiger charge is 2.38. The molecule has 0 bridgehead atoms. The molecule has 3 nitrogen and oxygen atoms in total. The Balaban J connectivity index is 2.91. The van der Waals surface area contributed by atoms with Crippen LogP contribution in [-0.2, 0) is 20.4 Å². The van der Waals surface area contributed by atoms with Crippen LogP contribution in [0.25, 0.3) is 0 Å². The smallest absolute Gasteiger partial charge is 0.330 e. The standard InChI is InChI=1S/C18H28O3Si/c1-18(2,3)22(5,6)21-16(12-13-17(19)20-4)14-15-10-8-7-9-11-15/h7-13,16H,14H2,1-6H3/t16-/m1/s1. The molecule has 0 fully saturated rings. The molecule has 1 atom stereocenters. The molecule has 4 heteroatoms. The molecule has 0 aliphatic rings. The Morgan fingerprint density at radius 2 is 1.82 bits per heavy atom. The molecule has 0 saturated heterocycles. The van der Waals surface area contributed by atoms with Crippen molar-refractivity contribution in [3.8, 4) is 0 Å². The first-order valence-electron chi connectivity index (χ1n) is 7.63. The van der Waals surface area contributed by atoms with Crippen LogP contribution in [0.3, 0.4) is 0 Å². The van der Waals surface area contributed by atoms with E-state index in [0.717, 1.165) is 6.42 Å². The van der Waals surface area contributed by atoms with Gasteiger partial charge in [0.25, 0.3) is 0 Å². The molecular weight excluding hydrogens is 292 g/mol. The number of ether oxygens (including phenoxy) is 1. The minimum atomic E-state index is -1.91. The van der Waals surface area contributed by atoms with Gasteiger partial charge in [0.1, 0.15) is 0 Å². The number of carbonyl (C=O) groups is 1. The van der Waals surface area contributed by atoms with E-state index in [-0.39, 0.29) is 17.1 Å². The van der Waals surface area contributed by atoms with Gasteiger partial charge in [0.2, 0.25) is 0 Å². The molecule has 0 unspecified atom stereocenters. The quantitative estimate of drug-likeness (QED) is 0.444. The van der Waals surface area contributed by atoms with E-state index in [0.29, 0.717) is 0 Å². The third kappa shape index (κ3) is 5.77. The van der Waals surface area contributed by atoms with Crippen molar-refractivity contribution in [1.29, 1.82) is 0 Å². The van der Waals surface area contributed by atoms with Gasteiger partial charge in [-0.1, -0.05) is 51.1 Å². The van der Waals surface area contributed by atoms with Crippen LogP contribution < -0.4 is 0 Å². The summed E-state index contributed by atoms with van der Waals surface area (Å²) in [5.74, 6) is -0.350. The molecule has 1 rings (SSSR count). The summed E-state index contributed by atoms with van der Waals surface area (Å²) < 4.78 is 11.1. The summed E-state index contributed by atoms with van der Waals surface area (Å²) in [6, 6.07) is 10.2. The highest BCUT2D eigenvalue weighted by molar-refractivity contribution is 6.74. The van der Waals surface area contributed by atoms with Gasteiger partial charge < -0.3 is 9.16 Å². The Hall–Kier alpha value is -1.39. The van der Waals surface area contributed by atoms with E-state index in [9.17, 15) is 4.79 Å². The Bertz CT molecular complexity index is 501. The van der Waals surface area contributed by atoms with E-state index in [4.69, 9.17) is 4.43 Å². The first kappa shape index (κ1) is 18.7. The molecule has 0 aliphatic carbocycles. The highest BCUT2D eigenvalue weighted by atomic mass is 28.4. The fourth-order valence-corrected chi connectivity index (χ4v) is 3.08. The van der Waals surface area contributed by atoms with Gasteiger partial charge in [0, 0.05) is 12.5 Å². The Labute approximate surface area is 135 Å². The number of benzene rings is 1. The summed E-state index contributed by atoms with van der Waals surface area (Å²) in [6.07, 6.45) is 3.91. The van der Waals surface area contributed by atoms with Crippen LogP contribution >= 0.6 is 0 Å².